The van der Waals surface area contributed by atoms with Gasteiger partial charge in [0.15, 0.2) is 0 Å². The van der Waals surface area contributed by atoms with Crippen molar-refractivity contribution in [2.45, 2.75) is 19.3 Å². The molecular formula is C13H15ClFNOS. The number of amides is 1. The molecule has 0 spiro atoms. The van der Waals surface area contributed by atoms with Crippen molar-refractivity contribution in [1.82, 2.24) is 0 Å². The first-order valence-electron chi connectivity index (χ1n) is 5.98. The first-order chi connectivity index (χ1) is 8.65. The number of rotatable bonds is 3. The van der Waals surface area contributed by atoms with Crippen LogP contribution in [0.4, 0.5) is 10.1 Å². The molecule has 1 saturated heterocycles. The second-order valence-corrected chi connectivity index (χ2v) is 6.07. The highest BCUT2D eigenvalue weighted by atomic mass is 35.5. The van der Waals surface area contributed by atoms with Crippen LogP contribution in [-0.2, 0) is 4.79 Å². The van der Waals surface area contributed by atoms with Crippen LogP contribution in [0.15, 0.2) is 18.2 Å². The Morgan fingerprint density at radius 1 is 1.44 bits per heavy atom. The molecular weight excluding hydrogens is 273 g/mol. The van der Waals surface area contributed by atoms with Gasteiger partial charge >= 0.3 is 0 Å². The largest absolute Gasteiger partial charge is 0.326 e. The third kappa shape index (κ3) is 3.89. The Morgan fingerprint density at radius 3 is 2.83 bits per heavy atom. The molecule has 1 aliphatic heterocycles. The highest BCUT2D eigenvalue weighted by molar-refractivity contribution is 7.99. The molecule has 1 amide bonds. The van der Waals surface area contributed by atoms with Gasteiger partial charge in [-0.25, -0.2) is 4.39 Å². The number of carbonyl (C=O) groups is 1. The standard InChI is InChI=1S/C13H15ClFNOS/c14-11-8-10(1-2-12(11)15)16-13(17)7-9-3-5-18-6-4-9/h1-2,8-9H,3-7H2,(H,16,17). The topological polar surface area (TPSA) is 29.1 Å². The Hall–Kier alpha value is -0.740. The summed E-state index contributed by atoms with van der Waals surface area (Å²) >= 11 is 7.60. The third-order valence-electron chi connectivity index (χ3n) is 3.02. The van der Waals surface area contributed by atoms with Crippen LogP contribution in [0.2, 0.25) is 5.02 Å². The number of benzene rings is 1. The summed E-state index contributed by atoms with van der Waals surface area (Å²) < 4.78 is 13.0. The summed E-state index contributed by atoms with van der Waals surface area (Å²) in [6.07, 6.45) is 2.74. The number of hydrogen-bond donors (Lipinski definition) is 1. The molecule has 1 aromatic carbocycles. The van der Waals surface area contributed by atoms with E-state index in [2.05, 4.69) is 5.32 Å². The van der Waals surface area contributed by atoms with E-state index in [0.717, 1.165) is 24.3 Å². The maximum absolute atomic E-state index is 13.0. The lowest BCUT2D eigenvalue weighted by Gasteiger charge is -2.20. The van der Waals surface area contributed by atoms with Crippen molar-refractivity contribution in [2.24, 2.45) is 5.92 Å². The van der Waals surface area contributed by atoms with Crippen LogP contribution in [0.3, 0.4) is 0 Å². The zero-order valence-electron chi connectivity index (χ0n) is 9.92. The normalized spacial score (nSPS) is 16.6. The highest BCUT2D eigenvalue weighted by Gasteiger charge is 2.17. The van der Waals surface area contributed by atoms with Crippen molar-refractivity contribution in [3.05, 3.63) is 29.0 Å². The molecule has 0 unspecified atom stereocenters. The molecule has 0 aliphatic carbocycles. The van der Waals surface area contributed by atoms with Gasteiger partial charge < -0.3 is 5.32 Å². The summed E-state index contributed by atoms with van der Waals surface area (Å²) in [6.45, 7) is 0. The van der Waals surface area contributed by atoms with Gasteiger partial charge in [-0.05, 0) is 48.5 Å². The minimum Gasteiger partial charge on any atom is -0.326 e. The third-order valence-corrected chi connectivity index (χ3v) is 4.36. The lowest BCUT2D eigenvalue weighted by Crippen LogP contribution is -2.19. The van der Waals surface area contributed by atoms with Crippen molar-refractivity contribution in [1.29, 1.82) is 0 Å². The average Bonchev–Trinajstić information content (AvgIpc) is 2.35. The van der Waals surface area contributed by atoms with E-state index < -0.39 is 5.82 Å². The maximum Gasteiger partial charge on any atom is 0.224 e. The van der Waals surface area contributed by atoms with Crippen molar-refractivity contribution < 1.29 is 9.18 Å². The number of hydrogen-bond acceptors (Lipinski definition) is 2. The van der Waals surface area contributed by atoms with E-state index in [-0.39, 0.29) is 10.9 Å². The second-order valence-electron chi connectivity index (χ2n) is 4.44. The number of carbonyl (C=O) groups excluding carboxylic acids is 1. The Labute approximate surface area is 115 Å². The molecule has 98 valence electrons. The van der Waals surface area contributed by atoms with Crippen molar-refractivity contribution in [3.8, 4) is 0 Å². The monoisotopic (exact) mass is 287 g/mol. The van der Waals surface area contributed by atoms with E-state index in [1.807, 2.05) is 11.8 Å². The summed E-state index contributed by atoms with van der Waals surface area (Å²) in [4.78, 5) is 11.8. The molecule has 2 rings (SSSR count). The lowest BCUT2D eigenvalue weighted by atomic mass is 9.98. The Bertz CT molecular complexity index is 435. The van der Waals surface area contributed by atoms with E-state index in [0.29, 0.717) is 18.0 Å². The molecule has 2 nitrogen and oxygen atoms in total. The van der Waals surface area contributed by atoms with E-state index in [4.69, 9.17) is 11.6 Å². The minimum atomic E-state index is -0.473. The highest BCUT2D eigenvalue weighted by Crippen LogP contribution is 2.26. The number of halogens is 2. The van der Waals surface area contributed by atoms with Crippen molar-refractivity contribution >= 4 is 35.0 Å². The van der Waals surface area contributed by atoms with Gasteiger partial charge in [0.1, 0.15) is 5.82 Å². The smallest absolute Gasteiger partial charge is 0.224 e. The van der Waals surface area contributed by atoms with E-state index >= 15 is 0 Å². The molecule has 0 radical (unpaired) electrons. The van der Waals surface area contributed by atoms with Crippen LogP contribution in [0.5, 0.6) is 0 Å². The first-order valence-corrected chi connectivity index (χ1v) is 7.51. The van der Waals surface area contributed by atoms with Crippen LogP contribution in [-0.4, -0.2) is 17.4 Å². The average molecular weight is 288 g/mol. The lowest BCUT2D eigenvalue weighted by molar-refractivity contribution is -0.117. The summed E-state index contributed by atoms with van der Waals surface area (Å²) in [7, 11) is 0. The van der Waals surface area contributed by atoms with Crippen LogP contribution in [0, 0.1) is 11.7 Å². The Kier molecular flexibility index (Phi) is 4.89. The first kappa shape index (κ1) is 13.7. The van der Waals surface area contributed by atoms with Crippen LogP contribution in [0.25, 0.3) is 0 Å². The van der Waals surface area contributed by atoms with Crippen molar-refractivity contribution in [2.75, 3.05) is 16.8 Å². The fourth-order valence-corrected chi connectivity index (χ4v) is 3.38. The Morgan fingerprint density at radius 2 is 2.17 bits per heavy atom. The molecule has 18 heavy (non-hydrogen) atoms. The number of thioether (sulfide) groups is 1. The van der Waals surface area contributed by atoms with Gasteiger partial charge in [0.05, 0.1) is 5.02 Å². The predicted octanol–water partition coefficient (Wildman–Crippen LogP) is 3.95. The quantitative estimate of drug-likeness (QED) is 0.912. The minimum absolute atomic E-state index is 0.0189. The summed E-state index contributed by atoms with van der Waals surface area (Å²) in [5.41, 5.74) is 0.552. The fourth-order valence-electron chi connectivity index (χ4n) is 2.00. The van der Waals surface area contributed by atoms with E-state index in [9.17, 15) is 9.18 Å². The molecule has 1 fully saturated rings. The predicted molar refractivity (Wildman–Crippen MR) is 74.7 cm³/mol. The molecule has 0 atom stereocenters. The van der Waals surface area contributed by atoms with Gasteiger partial charge in [-0.1, -0.05) is 11.6 Å². The van der Waals surface area contributed by atoms with E-state index in [1.165, 1.54) is 18.2 Å². The summed E-state index contributed by atoms with van der Waals surface area (Å²) in [6, 6.07) is 4.22. The van der Waals surface area contributed by atoms with Crippen molar-refractivity contribution in [3.63, 3.8) is 0 Å². The molecule has 1 N–H and O–H groups in total. The zero-order valence-corrected chi connectivity index (χ0v) is 11.5. The van der Waals surface area contributed by atoms with Crippen LogP contribution < -0.4 is 5.32 Å². The maximum atomic E-state index is 13.0. The molecule has 0 aromatic heterocycles. The van der Waals surface area contributed by atoms with Gasteiger partial charge in [-0.2, -0.15) is 11.8 Å². The summed E-state index contributed by atoms with van der Waals surface area (Å²) in [5.74, 6) is 2.26. The zero-order chi connectivity index (χ0) is 13.0. The number of nitrogens with one attached hydrogen (secondary N) is 1. The van der Waals surface area contributed by atoms with Gasteiger partial charge in [0.2, 0.25) is 5.91 Å². The Balaban J connectivity index is 1.88. The molecule has 0 saturated carbocycles. The molecule has 0 bridgehead atoms. The summed E-state index contributed by atoms with van der Waals surface area (Å²) in [5, 5.41) is 2.79. The second kappa shape index (κ2) is 6.43. The van der Waals surface area contributed by atoms with Gasteiger partial charge in [-0.15, -0.1) is 0 Å². The SMILES string of the molecule is O=C(CC1CCSCC1)Nc1ccc(F)c(Cl)c1. The fraction of sp³-hybridized carbons (Fsp3) is 0.462. The van der Waals surface area contributed by atoms with Crippen LogP contribution >= 0.6 is 23.4 Å². The molecule has 1 heterocycles. The molecule has 5 heteroatoms. The van der Waals surface area contributed by atoms with E-state index in [1.54, 1.807) is 0 Å². The van der Waals surface area contributed by atoms with Crippen LogP contribution in [0.1, 0.15) is 19.3 Å². The number of anilines is 1. The molecule has 1 aliphatic rings. The van der Waals surface area contributed by atoms with Gasteiger partial charge in [0.25, 0.3) is 0 Å². The van der Waals surface area contributed by atoms with Gasteiger partial charge in [0, 0.05) is 12.1 Å². The molecule has 1 aromatic rings. The van der Waals surface area contributed by atoms with Gasteiger partial charge in [-0.3, -0.25) is 4.79 Å².